The van der Waals surface area contributed by atoms with Crippen LogP contribution in [0.3, 0.4) is 0 Å². The summed E-state index contributed by atoms with van der Waals surface area (Å²) >= 11 is 0. The van der Waals surface area contributed by atoms with Crippen molar-refractivity contribution in [2.45, 2.75) is 24.4 Å². The van der Waals surface area contributed by atoms with Crippen LogP contribution in [0.1, 0.15) is 41.4 Å². The van der Waals surface area contributed by atoms with E-state index in [0.717, 1.165) is 0 Å². The number of hydrogen-bond acceptors (Lipinski definition) is 8. The van der Waals surface area contributed by atoms with Crippen LogP contribution in [-0.4, -0.2) is 68.0 Å². The standard InChI is InChI=1S/C33H28O8/c34-25(21-13-5-1-6-14-21)29(38)33(30(39)26(35)22-15-7-2-8-16-22,31(40)27(36)23-17-9-3-10-18-23)32(41)28(37)24-19-11-4-12-20-24/h1-20,29-32,38-41H. The highest BCUT2D eigenvalue weighted by molar-refractivity contribution is 6.09. The maximum atomic E-state index is 13.7. The van der Waals surface area contributed by atoms with Crippen molar-refractivity contribution in [2.75, 3.05) is 0 Å². The van der Waals surface area contributed by atoms with Crippen molar-refractivity contribution in [3.8, 4) is 0 Å². The van der Waals surface area contributed by atoms with Crippen LogP contribution in [-0.2, 0) is 0 Å². The molecule has 8 heteroatoms. The molecule has 4 rings (SSSR count). The Kier molecular flexibility index (Phi) is 9.11. The summed E-state index contributed by atoms with van der Waals surface area (Å²) in [5, 5.41) is 46.8. The van der Waals surface area contributed by atoms with Gasteiger partial charge < -0.3 is 20.4 Å². The monoisotopic (exact) mass is 552 g/mol. The summed E-state index contributed by atoms with van der Waals surface area (Å²) < 4.78 is 0. The summed E-state index contributed by atoms with van der Waals surface area (Å²) in [5.41, 5.74) is -3.57. The van der Waals surface area contributed by atoms with Crippen molar-refractivity contribution in [1.82, 2.24) is 0 Å². The number of aliphatic hydroxyl groups excluding tert-OH is 4. The Labute approximate surface area is 236 Å². The van der Waals surface area contributed by atoms with Crippen molar-refractivity contribution >= 4 is 23.1 Å². The molecule has 4 atom stereocenters. The van der Waals surface area contributed by atoms with Crippen LogP contribution in [0.15, 0.2) is 121 Å². The second-order valence-electron chi connectivity index (χ2n) is 9.53. The zero-order chi connectivity index (χ0) is 29.6. The third-order valence-corrected chi connectivity index (χ3v) is 7.12. The Morgan fingerprint density at radius 2 is 0.537 bits per heavy atom. The first-order valence-electron chi connectivity index (χ1n) is 12.8. The van der Waals surface area contributed by atoms with Gasteiger partial charge in [0.25, 0.3) is 0 Å². The lowest BCUT2D eigenvalue weighted by Gasteiger charge is -2.45. The summed E-state index contributed by atoms with van der Waals surface area (Å²) in [6.07, 6.45) is -10.4. The zero-order valence-electron chi connectivity index (χ0n) is 21.8. The molecule has 208 valence electrons. The third-order valence-electron chi connectivity index (χ3n) is 7.12. The van der Waals surface area contributed by atoms with E-state index in [9.17, 15) is 39.6 Å². The Balaban J connectivity index is 1.98. The predicted octanol–water partition coefficient (Wildman–Crippen LogP) is 2.95. The van der Waals surface area contributed by atoms with Crippen molar-refractivity contribution in [3.05, 3.63) is 144 Å². The lowest BCUT2D eigenvalue weighted by atomic mass is 9.61. The molecular weight excluding hydrogens is 524 g/mol. The molecule has 41 heavy (non-hydrogen) atoms. The minimum absolute atomic E-state index is 0.109. The van der Waals surface area contributed by atoms with E-state index in [4.69, 9.17) is 0 Å². The van der Waals surface area contributed by atoms with Crippen molar-refractivity contribution < 1.29 is 39.6 Å². The number of hydrogen-bond donors (Lipinski definition) is 4. The van der Waals surface area contributed by atoms with E-state index in [-0.39, 0.29) is 22.3 Å². The molecule has 8 nitrogen and oxygen atoms in total. The highest BCUT2D eigenvalue weighted by Crippen LogP contribution is 2.41. The number of rotatable bonds is 12. The summed E-state index contributed by atoms with van der Waals surface area (Å²) in [5.74, 6) is -4.54. The molecule has 4 aromatic rings. The first-order valence-corrected chi connectivity index (χ1v) is 12.8. The predicted molar refractivity (Wildman–Crippen MR) is 150 cm³/mol. The Morgan fingerprint density at radius 3 is 0.707 bits per heavy atom. The van der Waals surface area contributed by atoms with Gasteiger partial charge in [-0.15, -0.1) is 0 Å². The van der Waals surface area contributed by atoms with E-state index >= 15 is 0 Å². The summed E-state index contributed by atoms with van der Waals surface area (Å²) in [7, 11) is 0. The van der Waals surface area contributed by atoms with Crippen LogP contribution >= 0.6 is 0 Å². The van der Waals surface area contributed by atoms with Gasteiger partial charge in [-0.1, -0.05) is 121 Å². The molecule has 0 heterocycles. The second kappa shape index (κ2) is 12.7. The highest BCUT2D eigenvalue weighted by Gasteiger charge is 2.63. The van der Waals surface area contributed by atoms with Crippen LogP contribution in [0.5, 0.6) is 0 Å². The molecule has 0 fully saturated rings. The molecule has 0 aromatic heterocycles. The largest absolute Gasteiger partial charge is 0.384 e. The quantitative estimate of drug-likeness (QED) is 0.196. The Bertz CT molecular complexity index is 1270. The lowest BCUT2D eigenvalue weighted by Crippen LogP contribution is -2.68. The van der Waals surface area contributed by atoms with Crippen molar-refractivity contribution in [2.24, 2.45) is 5.41 Å². The van der Waals surface area contributed by atoms with Crippen LogP contribution in [0, 0.1) is 5.41 Å². The average molecular weight is 553 g/mol. The SMILES string of the molecule is O=C(c1ccccc1)C(O)C(C(O)C(=O)c1ccccc1)(C(O)C(=O)c1ccccc1)C(O)C(=O)c1ccccc1. The van der Waals surface area contributed by atoms with Gasteiger partial charge in [0, 0.05) is 22.3 Å². The average Bonchev–Trinajstić information content (AvgIpc) is 3.04. The molecule has 0 spiro atoms. The number of carbonyl (C=O) groups excluding carboxylic acids is 4. The smallest absolute Gasteiger partial charge is 0.192 e. The minimum atomic E-state index is -3.14. The van der Waals surface area contributed by atoms with Gasteiger partial charge in [0.15, 0.2) is 23.1 Å². The molecule has 0 bridgehead atoms. The fourth-order valence-electron chi connectivity index (χ4n) is 4.85. The number of aliphatic hydroxyl groups is 4. The number of ketones is 4. The van der Waals surface area contributed by atoms with E-state index in [1.54, 1.807) is 24.3 Å². The number of benzene rings is 4. The molecule has 0 saturated heterocycles. The van der Waals surface area contributed by atoms with Gasteiger partial charge in [0.2, 0.25) is 0 Å². The number of carbonyl (C=O) groups is 4. The summed E-state index contributed by atoms with van der Waals surface area (Å²) in [4.78, 5) is 54.7. The molecular formula is C33H28O8. The Hall–Kier alpha value is -4.60. The van der Waals surface area contributed by atoms with Gasteiger partial charge in [0.1, 0.15) is 29.8 Å². The van der Waals surface area contributed by atoms with Crippen LogP contribution in [0.2, 0.25) is 0 Å². The maximum absolute atomic E-state index is 13.7. The van der Waals surface area contributed by atoms with E-state index in [1.807, 2.05) is 0 Å². The van der Waals surface area contributed by atoms with E-state index in [2.05, 4.69) is 0 Å². The third kappa shape index (κ3) is 5.68. The fraction of sp³-hybridized carbons (Fsp3) is 0.152. The Morgan fingerprint density at radius 1 is 0.366 bits per heavy atom. The topological polar surface area (TPSA) is 149 Å². The number of Topliss-reactive ketones (excluding diaryl/α,β-unsaturated/α-hetero) is 4. The van der Waals surface area contributed by atoms with Gasteiger partial charge in [-0.05, 0) is 0 Å². The molecule has 0 aliphatic carbocycles. The van der Waals surface area contributed by atoms with Gasteiger partial charge in [0.05, 0.1) is 0 Å². The second-order valence-corrected chi connectivity index (χ2v) is 9.53. The normalized spacial score (nSPS) is 15.5. The molecule has 4 N–H and O–H groups in total. The van der Waals surface area contributed by atoms with Gasteiger partial charge in [-0.3, -0.25) is 19.2 Å². The first-order chi connectivity index (χ1) is 19.7. The van der Waals surface area contributed by atoms with Crippen LogP contribution < -0.4 is 0 Å². The maximum Gasteiger partial charge on any atom is 0.192 e. The van der Waals surface area contributed by atoms with Crippen molar-refractivity contribution in [1.29, 1.82) is 0 Å². The molecule has 4 unspecified atom stereocenters. The summed E-state index contributed by atoms with van der Waals surface area (Å²) in [6, 6.07) is 29.0. The zero-order valence-corrected chi connectivity index (χ0v) is 21.8. The van der Waals surface area contributed by atoms with Gasteiger partial charge in [-0.2, -0.15) is 0 Å². The van der Waals surface area contributed by atoms with Crippen LogP contribution in [0.4, 0.5) is 0 Å². The van der Waals surface area contributed by atoms with Crippen LogP contribution in [0.25, 0.3) is 0 Å². The van der Waals surface area contributed by atoms with E-state index < -0.39 is 53.0 Å². The van der Waals surface area contributed by atoms with Gasteiger partial charge >= 0.3 is 0 Å². The van der Waals surface area contributed by atoms with E-state index in [1.165, 1.54) is 97.1 Å². The highest BCUT2D eigenvalue weighted by atomic mass is 16.3. The van der Waals surface area contributed by atoms with E-state index in [0.29, 0.717) is 0 Å². The molecule has 0 aliphatic heterocycles. The molecule has 0 amide bonds. The molecule has 0 radical (unpaired) electrons. The molecule has 4 aromatic carbocycles. The lowest BCUT2D eigenvalue weighted by molar-refractivity contribution is -0.142. The van der Waals surface area contributed by atoms with Crippen molar-refractivity contribution in [3.63, 3.8) is 0 Å². The van der Waals surface area contributed by atoms with Gasteiger partial charge in [-0.25, -0.2) is 0 Å². The first kappa shape index (κ1) is 29.4. The molecule has 0 aliphatic rings. The molecule has 0 saturated carbocycles. The fourth-order valence-corrected chi connectivity index (χ4v) is 4.85. The summed E-state index contributed by atoms with van der Waals surface area (Å²) in [6.45, 7) is 0. The minimum Gasteiger partial charge on any atom is -0.384 e.